The number of para-hydroxylation sites is 5. The van der Waals surface area contributed by atoms with Crippen LogP contribution in [0.2, 0.25) is 0 Å². The molecule has 4 aromatic heterocycles. The molecule has 0 saturated carbocycles. The average molecular weight is 734 g/mol. The smallest absolute Gasteiger partial charge is 0.137 e. The van der Waals surface area contributed by atoms with Crippen LogP contribution in [0.15, 0.2) is 206 Å². The summed E-state index contributed by atoms with van der Waals surface area (Å²) in [5, 5.41) is 4.52. The van der Waals surface area contributed by atoms with Gasteiger partial charge in [0.05, 0.1) is 42.7 Å². The molecule has 0 fully saturated rings. The molecule has 12 rings (SSSR count). The Kier molecular flexibility index (Phi) is 5.53. The molecular formula is C53H34N4. The number of fused-ring (bicyclic) bond motifs is 9. The predicted octanol–water partition coefficient (Wildman–Crippen LogP) is 13.7. The summed E-state index contributed by atoms with van der Waals surface area (Å²) in [7, 11) is 0. The van der Waals surface area contributed by atoms with E-state index in [1.807, 2.05) is 79.0 Å². The Balaban J connectivity index is 1.00. The quantitative estimate of drug-likeness (QED) is 0.173. The number of aromatic nitrogens is 4. The first-order valence-corrected chi connectivity index (χ1v) is 18.9. The molecule has 4 nitrogen and oxygen atoms in total. The summed E-state index contributed by atoms with van der Waals surface area (Å²) in [5.74, 6) is 0.726. The van der Waals surface area contributed by atoms with Crippen molar-refractivity contribution in [1.82, 2.24) is 18.7 Å². The van der Waals surface area contributed by atoms with Gasteiger partial charge >= 0.3 is 0 Å². The van der Waals surface area contributed by atoms with Crippen molar-refractivity contribution in [3.63, 3.8) is 0 Å². The molecule has 0 unspecified atom stereocenters. The van der Waals surface area contributed by atoms with Gasteiger partial charge in [0.15, 0.2) is 0 Å². The Bertz CT molecular complexity index is 3910. The van der Waals surface area contributed by atoms with Crippen LogP contribution < -0.4 is 0 Å². The molecule has 12 aromatic rings. The van der Waals surface area contributed by atoms with Crippen LogP contribution in [0.4, 0.5) is 0 Å². The fraction of sp³-hybridized carbons (Fsp3) is 0. The SMILES string of the molecule is [2H]c1c([2H])c([2H])c2c(c1[2H])c1c([2H])c(-c3ccc4c(c3)c3ccccc3n4-c3ccc(-c4ccc5c(c4)c4ccccc4n5-c4ccccc4)cn3)c([2H])c([2H])c1n2-c1ccccc1. The lowest BCUT2D eigenvalue weighted by Crippen LogP contribution is -1.97. The first-order valence-electron chi connectivity index (χ1n) is 22.4. The number of benzene rings is 8. The molecular weight excluding hydrogens is 693 g/mol. The lowest BCUT2D eigenvalue weighted by Gasteiger charge is -2.10. The molecule has 0 N–H and O–H groups in total. The largest absolute Gasteiger partial charge is 0.309 e. The summed E-state index contributed by atoms with van der Waals surface area (Å²) in [6, 6.07) is 50.6. The number of hydrogen-bond donors (Lipinski definition) is 0. The number of hydrogen-bond acceptors (Lipinski definition) is 1. The van der Waals surface area contributed by atoms with E-state index in [9.17, 15) is 4.11 Å². The normalized spacial score (nSPS) is 13.6. The second-order valence-corrected chi connectivity index (χ2v) is 14.3. The van der Waals surface area contributed by atoms with Crippen molar-refractivity contribution in [2.75, 3.05) is 0 Å². The van der Waals surface area contributed by atoms with Gasteiger partial charge in [0.2, 0.25) is 0 Å². The molecule has 0 aliphatic heterocycles. The van der Waals surface area contributed by atoms with Crippen LogP contribution in [0.5, 0.6) is 0 Å². The van der Waals surface area contributed by atoms with Gasteiger partial charge in [-0.3, -0.25) is 4.57 Å². The minimum absolute atomic E-state index is 0.0797. The van der Waals surface area contributed by atoms with Gasteiger partial charge in [-0.2, -0.15) is 0 Å². The van der Waals surface area contributed by atoms with Gasteiger partial charge in [0, 0.05) is 55.5 Å². The maximum Gasteiger partial charge on any atom is 0.137 e. The second kappa shape index (κ2) is 12.4. The zero-order valence-corrected chi connectivity index (χ0v) is 30.4. The van der Waals surface area contributed by atoms with Crippen molar-refractivity contribution < 1.29 is 9.60 Å². The summed E-state index contributed by atoms with van der Waals surface area (Å²) in [6.07, 6.45) is 1.91. The zero-order valence-electron chi connectivity index (χ0n) is 37.4. The van der Waals surface area contributed by atoms with Crippen molar-refractivity contribution >= 4 is 65.4 Å². The van der Waals surface area contributed by atoms with Gasteiger partial charge in [-0.25, -0.2) is 4.98 Å². The number of nitrogens with zero attached hydrogens (tertiary/aromatic N) is 4. The van der Waals surface area contributed by atoms with Crippen LogP contribution in [0.25, 0.3) is 105 Å². The van der Waals surface area contributed by atoms with E-state index in [1.54, 1.807) is 16.7 Å². The van der Waals surface area contributed by atoms with Crippen LogP contribution in [0, 0.1) is 0 Å². The third kappa shape index (κ3) is 4.84. The van der Waals surface area contributed by atoms with E-state index in [2.05, 4.69) is 81.9 Å². The fourth-order valence-electron chi connectivity index (χ4n) is 8.57. The van der Waals surface area contributed by atoms with E-state index in [4.69, 9.17) is 10.5 Å². The Morgan fingerprint density at radius 1 is 0.351 bits per heavy atom. The lowest BCUT2D eigenvalue weighted by molar-refractivity contribution is 1.08. The van der Waals surface area contributed by atoms with Crippen LogP contribution in [-0.4, -0.2) is 18.7 Å². The van der Waals surface area contributed by atoms with Gasteiger partial charge in [-0.1, -0.05) is 109 Å². The van der Waals surface area contributed by atoms with Gasteiger partial charge in [-0.15, -0.1) is 0 Å². The highest BCUT2D eigenvalue weighted by Crippen LogP contribution is 2.39. The van der Waals surface area contributed by atoms with Crippen LogP contribution in [-0.2, 0) is 0 Å². The maximum atomic E-state index is 9.70. The van der Waals surface area contributed by atoms with Gasteiger partial charge in [0.25, 0.3) is 0 Å². The molecule has 0 bridgehead atoms. The topological polar surface area (TPSA) is 27.7 Å². The van der Waals surface area contributed by atoms with Crippen molar-refractivity contribution in [1.29, 1.82) is 0 Å². The first kappa shape index (κ1) is 25.4. The fourth-order valence-corrected chi connectivity index (χ4v) is 8.57. The summed E-state index contributed by atoms with van der Waals surface area (Å²) in [5.41, 5.74) is 8.92. The average Bonchev–Trinajstić information content (AvgIpc) is 3.99. The Labute approximate surface area is 338 Å². The summed E-state index contributed by atoms with van der Waals surface area (Å²) < 4.78 is 69.6. The highest BCUT2D eigenvalue weighted by atomic mass is 15.1. The molecule has 0 atom stereocenters. The van der Waals surface area contributed by atoms with Crippen molar-refractivity contribution in [3.05, 3.63) is 206 Å². The summed E-state index contributed by atoms with van der Waals surface area (Å²) in [4.78, 5) is 5.04. The number of rotatable bonds is 5. The van der Waals surface area contributed by atoms with Gasteiger partial charge < -0.3 is 9.13 Å². The minimum atomic E-state index is -0.420. The van der Waals surface area contributed by atoms with Crippen LogP contribution in [0.3, 0.4) is 0 Å². The molecule has 266 valence electrons. The molecule has 4 heteroatoms. The van der Waals surface area contributed by atoms with Gasteiger partial charge in [-0.05, 0) is 108 Å². The van der Waals surface area contributed by atoms with Crippen LogP contribution >= 0.6 is 0 Å². The lowest BCUT2D eigenvalue weighted by atomic mass is 10.0. The van der Waals surface area contributed by atoms with Crippen molar-refractivity contribution in [3.8, 4) is 39.4 Å². The van der Waals surface area contributed by atoms with Crippen LogP contribution in [0.1, 0.15) is 9.60 Å². The van der Waals surface area contributed by atoms with E-state index in [-0.39, 0.29) is 57.6 Å². The minimum Gasteiger partial charge on any atom is -0.309 e. The van der Waals surface area contributed by atoms with E-state index >= 15 is 0 Å². The van der Waals surface area contributed by atoms with Gasteiger partial charge in [0.1, 0.15) is 5.82 Å². The predicted molar refractivity (Wildman–Crippen MR) is 238 cm³/mol. The van der Waals surface area contributed by atoms with E-state index < -0.39 is 12.1 Å². The monoisotopic (exact) mass is 733 g/mol. The third-order valence-corrected chi connectivity index (χ3v) is 11.1. The molecule has 0 amide bonds. The molecule has 4 heterocycles. The molecule has 57 heavy (non-hydrogen) atoms. The highest BCUT2D eigenvalue weighted by molar-refractivity contribution is 6.13. The molecule has 0 aliphatic rings. The summed E-state index contributed by atoms with van der Waals surface area (Å²) in [6.45, 7) is 0. The molecule has 8 aromatic carbocycles. The zero-order chi connectivity index (χ0) is 43.5. The number of pyridine rings is 1. The van der Waals surface area contributed by atoms with E-state index in [0.717, 1.165) is 60.9 Å². The van der Waals surface area contributed by atoms with Crippen molar-refractivity contribution in [2.24, 2.45) is 0 Å². The Morgan fingerprint density at radius 3 is 1.54 bits per heavy atom. The standard InChI is InChI=1S/C53H34N4/c1-3-13-39(14-4-1)55-47-20-10-7-17-41(47)44-31-35(23-27-50(44)55)36-24-29-52-46(32-36)43-19-9-12-22-49(43)57(52)53-30-26-38(34-54-53)37-25-28-51-45(33-37)42-18-8-11-21-48(42)56(51)40-15-5-2-6-16-40/h1-34H/i7D,10D,17D,20D,23D,27D,31D. The molecule has 0 spiro atoms. The Hall–Kier alpha value is -7.69. The van der Waals surface area contributed by atoms with Crippen molar-refractivity contribution in [2.45, 2.75) is 0 Å². The second-order valence-electron chi connectivity index (χ2n) is 14.3. The van der Waals surface area contributed by atoms with E-state index in [0.29, 0.717) is 11.3 Å². The maximum absolute atomic E-state index is 9.70. The Morgan fingerprint density at radius 2 is 0.877 bits per heavy atom. The molecule has 0 aliphatic carbocycles. The molecule has 0 radical (unpaired) electrons. The highest BCUT2D eigenvalue weighted by Gasteiger charge is 2.17. The molecule has 0 saturated heterocycles. The third-order valence-electron chi connectivity index (χ3n) is 11.1. The summed E-state index contributed by atoms with van der Waals surface area (Å²) >= 11 is 0. The van der Waals surface area contributed by atoms with E-state index in [1.165, 1.54) is 5.39 Å². The first-order chi connectivity index (χ1) is 31.2.